The average Bonchev–Trinajstić information content (AvgIpc) is 2.98. The summed E-state index contributed by atoms with van der Waals surface area (Å²) in [6, 6.07) is 0. The van der Waals surface area contributed by atoms with Crippen molar-refractivity contribution in [2.75, 3.05) is 0 Å². The lowest BCUT2D eigenvalue weighted by Gasteiger charge is -2.42. The van der Waals surface area contributed by atoms with Crippen LogP contribution in [0.15, 0.2) is 23.8 Å². The van der Waals surface area contributed by atoms with Crippen LogP contribution in [0, 0.1) is 29.1 Å². The number of hydrogen-bond donors (Lipinski definition) is 0. The second-order valence-electron chi connectivity index (χ2n) is 8.16. The molecule has 148 valence electrons. The number of hydrogen-bond acceptors (Lipinski definition) is 0. The number of allylic oxidation sites excluding steroid dienone is 4. The molecule has 4 atom stereocenters. The average molecular weight is 349 g/mol. The fraction of sp³-hybridized carbons (Fsp3) is 0.840. The van der Waals surface area contributed by atoms with Crippen molar-refractivity contribution in [1.82, 2.24) is 0 Å². The van der Waals surface area contributed by atoms with Gasteiger partial charge in [-0.15, -0.1) is 0 Å². The van der Waals surface area contributed by atoms with Crippen LogP contribution < -0.4 is 0 Å². The van der Waals surface area contributed by atoms with Crippen LogP contribution in [-0.2, 0) is 0 Å². The van der Waals surface area contributed by atoms with E-state index in [1.807, 2.05) is 27.7 Å². The number of fused-ring (bicyclic) bond motifs is 1. The van der Waals surface area contributed by atoms with Crippen molar-refractivity contribution in [3.63, 3.8) is 0 Å². The highest BCUT2D eigenvalue weighted by atomic mass is 14.5. The lowest BCUT2D eigenvalue weighted by Crippen LogP contribution is -2.33. The maximum atomic E-state index is 2.60. The molecule has 0 aromatic heterocycles. The molecular formula is C25H48. The molecule has 0 aromatic rings. The Hall–Kier alpha value is -0.520. The minimum atomic E-state index is 0.609. The van der Waals surface area contributed by atoms with Crippen molar-refractivity contribution in [3.8, 4) is 0 Å². The summed E-state index contributed by atoms with van der Waals surface area (Å²) in [4.78, 5) is 0. The van der Waals surface area contributed by atoms with Crippen LogP contribution in [0.4, 0.5) is 0 Å². The molecule has 0 nitrogen and oxygen atoms in total. The van der Waals surface area contributed by atoms with Gasteiger partial charge in [0.15, 0.2) is 0 Å². The molecule has 0 bridgehead atoms. The minimum absolute atomic E-state index is 0.609. The van der Waals surface area contributed by atoms with Crippen LogP contribution in [0.5, 0.6) is 0 Å². The van der Waals surface area contributed by atoms with E-state index < -0.39 is 0 Å². The maximum Gasteiger partial charge on any atom is -0.0147 e. The quantitative estimate of drug-likeness (QED) is 0.435. The van der Waals surface area contributed by atoms with Gasteiger partial charge >= 0.3 is 0 Å². The van der Waals surface area contributed by atoms with Gasteiger partial charge in [-0.1, -0.05) is 79.2 Å². The van der Waals surface area contributed by atoms with E-state index in [1.165, 1.54) is 44.9 Å². The molecule has 0 N–H and O–H groups in total. The summed E-state index contributed by atoms with van der Waals surface area (Å²) in [5.41, 5.74) is 2.38. The van der Waals surface area contributed by atoms with E-state index >= 15 is 0 Å². The molecule has 2 aliphatic carbocycles. The zero-order chi connectivity index (χ0) is 19.5. The molecule has 0 radical (unpaired) electrons. The van der Waals surface area contributed by atoms with E-state index in [-0.39, 0.29) is 0 Å². The third-order valence-electron chi connectivity index (χ3n) is 6.70. The summed E-state index contributed by atoms with van der Waals surface area (Å²) in [5.74, 6) is 3.35. The first-order valence-corrected chi connectivity index (χ1v) is 11.3. The lowest BCUT2D eigenvalue weighted by molar-refractivity contribution is 0.130. The minimum Gasteiger partial charge on any atom is -0.0882 e. The van der Waals surface area contributed by atoms with Crippen molar-refractivity contribution >= 4 is 0 Å². The molecule has 0 amide bonds. The van der Waals surface area contributed by atoms with Gasteiger partial charge in [-0.05, 0) is 81.0 Å². The predicted molar refractivity (Wildman–Crippen MR) is 117 cm³/mol. The van der Waals surface area contributed by atoms with E-state index in [4.69, 9.17) is 0 Å². The van der Waals surface area contributed by atoms with Crippen LogP contribution in [0.25, 0.3) is 0 Å². The van der Waals surface area contributed by atoms with Crippen LogP contribution in [0.1, 0.15) is 107 Å². The monoisotopic (exact) mass is 348 g/mol. The Morgan fingerprint density at radius 3 is 2.28 bits per heavy atom. The summed E-state index contributed by atoms with van der Waals surface area (Å²) in [7, 11) is 0. The predicted octanol–water partition coefficient (Wildman–Crippen LogP) is 8.83. The first kappa shape index (κ1) is 24.5. The Bertz CT molecular complexity index is 387. The van der Waals surface area contributed by atoms with E-state index in [9.17, 15) is 0 Å². The standard InChI is InChI=1S/C21H36.2C2H6/c1-6-18-11-9-15-21(5)19(13-14-20(18)21)12-8-7-10-17(4)16(2)3;2*1-2/h6-7,10,16-17,19-20H,8-9,11-15H2,1-5H3;2*1-2H3/b10-7+,18-6+;;/t17-,19?,20?,21?;;/m0../s1. The normalized spacial score (nSPS) is 31.2. The van der Waals surface area contributed by atoms with Crippen LogP contribution >= 0.6 is 0 Å². The Morgan fingerprint density at radius 1 is 1.08 bits per heavy atom. The first-order valence-electron chi connectivity index (χ1n) is 11.3. The molecule has 0 heterocycles. The summed E-state index contributed by atoms with van der Waals surface area (Å²) in [6.45, 7) is 19.8. The van der Waals surface area contributed by atoms with Crippen molar-refractivity contribution in [2.24, 2.45) is 29.1 Å². The van der Waals surface area contributed by atoms with Crippen molar-refractivity contribution in [2.45, 2.75) is 107 Å². The summed E-state index contributed by atoms with van der Waals surface area (Å²) < 4.78 is 0. The highest BCUT2D eigenvalue weighted by molar-refractivity contribution is 5.17. The zero-order valence-electron chi connectivity index (χ0n) is 19.0. The maximum absolute atomic E-state index is 2.60. The van der Waals surface area contributed by atoms with Gasteiger partial charge in [0.25, 0.3) is 0 Å². The smallest absolute Gasteiger partial charge is 0.0147 e. The van der Waals surface area contributed by atoms with Crippen LogP contribution in [-0.4, -0.2) is 0 Å². The third-order valence-corrected chi connectivity index (χ3v) is 6.70. The SMILES string of the molecule is C/C=C1\CCCC2(C)C(CC/C=C/[C@H](C)C(C)C)CCC12.CC.CC. The fourth-order valence-corrected chi connectivity index (χ4v) is 4.80. The molecule has 0 aromatic carbocycles. The topological polar surface area (TPSA) is 0 Å². The molecule has 0 saturated heterocycles. The molecule has 0 spiro atoms. The van der Waals surface area contributed by atoms with Crippen LogP contribution in [0.3, 0.4) is 0 Å². The molecule has 25 heavy (non-hydrogen) atoms. The Labute approximate surface area is 160 Å². The van der Waals surface area contributed by atoms with E-state index in [2.05, 4.69) is 52.8 Å². The third kappa shape index (κ3) is 6.61. The van der Waals surface area contributed by atoms with Gasteiger partial charge in [0.05, 0.1) is 0 Å². The Balaban J connectivity index is 0.00000134. The highest BCUT2D eigenvalue weighted by Crippen LogP contribution is 2.58. The Morgan fingerprint density at radius 2 is 1.72 bits per heavy atom. The molecule has 2 saturated carbocycles. The molecule has 3 unspecified atom stereocenters. The van der Waals surface area contributed by atoms with Gasteiger partial charge < -0.3 is 0 Å². The van der Waals surface area contributed by atoms with Gasteiger partial charge in [-0.25, -0.2) is 0 Å². The molecule has 0 heteroatoms. The second kappa shape index (κ2) is 12.8. The Kier molecular flexibility index (Phi) is 12.5. The molecule has 2 aliphatic rings. The molecule has 0 aliphatic heterocycles. The van der Waals surface area contributed by atoms with Gasteiger partial charge in [0, 0.05) is 0 Å². The fourth-order valence-electron chi connectivity index (χ4n) is 4.80. The summed E-state index contributed by atoms with van der Waals surface area (Å²) >= 11 is 0. The largest absolute Gasteiger partial charge is 0.0882 e. The number of rotatable bonds is 5. The van der Waals surface area contributed by atoms with E-state index in [0.717, 1.165) is 23.7 Å². The molecule has 2 fully saturated rings. The molecular weight excluding hydrogens is 300 g/mol. The van der Waals surface area contributed by atoms with Gasteiger partial charge in [-0.2, -0.15) is 0 Å². The summed E-state index contributed by atoms with van der Waals surface area (Å²) in [6.07, 6.45) is 17.2. The van der Waals surface area contributed by atoms with Gasteiger partial charge in [-0.3, -0.25) is 0 Å². The van der Waals surface area contributed by atoms with E-state index in [0.29, 0.717) is 5.41 Å². The van der Waals surface area contributed by atoms with Gasteiger partial charge in [0.2, 0.25) is 0 Å². The lowest BCUT2D eigenvalue weighted by atomic mass is 9.63. The van der Waals surface area contributed by atoms with Crippen molar-refractivity contribution < 1.29 is 0 Å². The van der Waals surface area contributed by atoms with Crippen molar-refractivity contribution in [3.05, 3.63) is 23.8 Å². The summed E-state index contributed by atoms with van der Waals surface area (Å²) in [5, 5.41) is 0. The van der Waals surface area contributed by atoms with Crippen LogP contribution in [0.2, 0.25) is 0 Å². The molecule has 2 rings (SSSR count). The van der Waals surface area contributed by atoms with Crippen molar-refractivity contribution in [1.29, 1.82) is 0 Å². The second-order valence-corrected chi connectivity index (χ2v) is 8.16. The first-order chi connectivity index (χ1) is 12.0. The highest BCUT2D eigenvalue weighted by Gasteiger charge is 2.48. The van der Waals surface area contributed by atoms with Gasteiger partial charge in [0.1, 0.15) is 0 Å². The van der Waals surface area contributed by atoms with E-state index in [1.54, 1.807) is 5.57 Å². The zero-order valence-corrected chi connectivity index (χ0v) is 19.0.